The molecule has 3 aromatic rings. The topological polar surface area (TPSA) is 107 Å². The SMILES string of the molecule is CCOC(=O)C1CCN(C(=N)c2ccc(NC(=O)C(NC(=S)Nc3ccc(Br)cc3)c3ccccc3)cc2)CC1. The molecule has 0 bridgehead atoms. The molecule has 1 aliphatic rings. The summed E-state index contributed by atoms with van der Waals surface area (Å²) in [5.74, 6) is -0.129. The Labute approximate surface area is 248 Å². The first-order chi connectivity index (χ1) is 19.3. The molecule has 1 atom stereocenters. The first kappa shape index (κ1) is 29.2. The maximum atomic E-state index is 13.4. The molecule has 0 aromatic heterocycles. The molecule has 4 rings (SSSR count). The van der Waals surface area contributed by atoms with Crippen LogP contribution in [0.3, 0.4) is 0 Å². The fraction of sp³-hybridized carbons (Fsp3) is 0.267. The predicted octanol–water partition coefficient (Wildman–Crippen LogP) is 5.72. The van der Waals surface area contributed by atoms with Crippen LogP contribution in [-0.2, 0) is 14.3 Å². The lowest BCUT2D eigenvalue weighted by Gasteiger charge is -2.32. The van der Waals surface area contributed by atoms with Crippen molar-refractivity contribution in [1.29, 1.82) is 5.41 Å². The van der Waals surface area contributed by atoms with Crippen molar-refractivity contribution >= 4 is 62.3 Å². The number of carbonyl (C=O) groups excluding carboxylic acids is 2. The highest BCUT2D eigenvalue weighted by molar-refractivity contribution is 9.10. The molecule has 10 heteroatoms. The zero-order valence-corrected chi connectivity index (χ0v) is 24.6. The molecule has 1 saturated heterocycles. The lowest BCUT2D eigenvalue weighted by molar-refractivity contribution is -0.149. The minimum atomic E-state index is -0.727. The van der Waals surface area contributed by atoms with Crippen LogP contribution in [0.25, 0.3) is 0 Å². The minimum Gasteiger partial charge on any atom is -0.466 e. The molecular weight excluding hydrogens is 590 g/mol. The van der Waals surface area contributed by atoms with Crippen LogP contribution in [-0.4, -0.2) is 47.4 Å². The van der Waals surface area contributed by atoms with Gasteiger partial charge in [0.2, 0.25) is 0 Å². The fourth-order valence-electron chi connectivity index (χ4n) is 4.48. The maximum absolute atomic E-state index is 13.4. The summed E-state index contributed by atoms with van der Waals surface area (Å²) in [5, 5.41) is 18.2. The summed E-state index contributed by atoms with van der Waals surface area (Å²) < 4.78 is 6.10. The van der Waals surface area contributed by atoms with E-state index >= 15 is 0 Å². The highest BCUT2D eigenvalue weighted by atomic mass is 79.9. The summed E-state index contributed by atoms with van der Waals surface area (Å²) in [5.41, 5.74) is 2.92. The van der Waals surface area contributed by atoms with E-state index in [-0.39, 0.29) is 17.8 Å². The number of rotatable bonds is 8. The van der Waals surface area contributed by atoms with E-state index in [1.807, 2.05) is 78.6 Å². The van der Waals surface area contributed by atoms with Crippen molar-refractivity contribution in [2.75, 3.05) is 30.3 Å². The molecule has 0 aliphatic carbocycles. The van der Waals surface area contributed by atoms with Crippen LogP contribution in [0.1, 0.15) is 36.9 Å². The fourth-order valence-corrected chi connectivity index (χ4v) is 4.98. The number of amides is 1. The first-order valence-corrected chi connectivity index (χ1v) is 14.3. The van der Waals surface area contributed by atoms with Gasteiger partial charge in [-0.15, -0.1) is 0 Å². The number of thiocarbonyl (C=S) groups is 1. The van der Waals surface area contributed by atoms with E-state index in [4.69, 9.17) is 22.4 Å². The average molecular weight is 623 g/mol. The van der Waals surface area contributed by atoms with Gasteiger partial charge in [-0.3, -0.25) is 15.0 Å². The molecule has 0 spiro atoms. The van der Waals surface area contributed by atoms with E-state index in [1.54, 1.807) is 12.1 Å². The highest BCUT2D eigenvalue weighted by Crippen LogP contribution is 2.22. The van der Waals surface area contributed by atoms with Crippen molar-refractivity contribution in [2.24, 2.45) is 5.92 Å². The monoisotopic (exact) mass is 621 g/mol. The Kier molecular flexibility index (Phi) is 10.3. The molecule has 0 radical (unpaired) electrons. The molecule has 1 fully saturated rings. The molecule has 4 N–H and O–H groups in total. The van der Waals surface area contributed by atoms with Crippen molar-refractivity contribution in [1.82, 2.24) is 10.2 Å². The van der Waals surface area contributed by atoms with Crippen molar-refractivity contribution in [2.45, 2.75) is 25.8 Å². The van der Waals surface area contributed by atoms with Crippen LogP contribution in [0.4, 0.5) is 11.4 Å². The number of halogens is 1. The largest absolute Gasteiger partial charge is 0.466 e. The van der Waals surface area contributed by atoms with E-state index in [0.717, 1.165) is 21.3 Å². The van der Waals surface area contributed by atoms with Crippen LogP contribution in [0.2, 0.25) is 0 Å². The van der Waals surface area contributed by atoms with Gasteiger partial charge in [0.1, 0.15) is 11.9 Å². The van der Waals surface area contributed by atoms with Gasteiger partial charge in [0.05, 0.1) is 12.5 Å². The summed E-state index contributed by atoms with van der Waals surface area (Å²) in [6.45, 7) is 3.44. The number of amidine groups is 1. The van der Waals surface area contributed by atoms with E-state index in [0.29, 0.717) is 49.2 Å². The van der Waals surface area contributed by atoms with Crippen LogP contribution in [0.15, 0.2) is 83.3 Å². The van der Waals surface area contributed by atoms with Gasteiger partial charge < -0.3 is 25.6 Å². The summed E-state index contributed by atoms with van der Waals surface area (Å²) in [4.78, 5) is 27.4. The van der Waals surface area contributed by atoms with E-state index < -0.39 is 6.04 Å². The van der Waals surface area contributed by atoms with Crippen molar-refractivity contribution < 1.29 is 14.3 Å². The molecule has 0 saturated carbocycles. The molecule has 40 heavy (non-hydrogen) atoms. The number of piperidine rings is 1. The summed E-state index contributed by atoms with van der Waals surface area (Å²) in [6, 6.07) is 23.4. The van der Waals surface area contributed by atoms with Gasteiger partial charge in [-0.25, -0.2) is 0 Å². The van der Waals surface area contributed by atoms with Crippen molar-refractivity contribution in [3.63, 3.8) is 0 Å². The number of carbonyl (C=O) groups is 2. The van der Waals surface area contributed by atoms with Crippen molar-refractivity contribution in [3.8, 4) is 0 Å². The second-order valence-corrected chi connectivity index (χ2v) is 10.7. The van der Waals surface area contributed by atoms with E-state index in [9.17, 15) is 9.59 Å². The lowest BCUT2D eigenvalue weighted by atomic mass is 9.96. The highest BCUT2D eigenvalue weighted by Gasteiger charge is 2.27. The number of esters is 1. The molecule has 8 nitrogen and oxygen atoms in total. The quantitative estimate of drug-likeness (QED) is 0.110. The van der Waals surface area contributed by atoms with Crippen LogP contribution >= 0.6 is 28.1 Å². The molecular formula is C30H32BrN5O3S. The number of benzene rings is 3. The Morgan fingerprint density at radius 3 is 2.20 bits per heavy atom. The molecule has 3 aromatic carbocycles. The number of hydrogen-bond acceptors (Lipinski definition) is 5. The number of anilines is 2. The Morgan fingerprint density at radius 2 is 1.57 bits per heavy atom. The van der Waals surface area contributed by atoms with Gasteiger partial charge in [-0.05, 0) is 86.1 Å². The molecule has 1 heterocycles. The maximum Gasteiger partial charge on any atom is 0.309 e. The van der Waals surface area contributed by atoms with Gasteiger partial charge in [0.25, 0.3) is 5.91 Å². The second-order valence-electron chi connectivity index (χ2n) is 9.38. The number of hydrogen-bond donors (Lipinski definition) is 4. The molecule has 1 unspecified atom stereocenters. The Bertz CT molecular complexity index is 1330. The third-order valence-corrected chi connectivity index (χ3v) is 7.38. The number of likely N-dealkylation sites (tertiary alicyclic amines) is 1. The Hall–Kier alpha value is -3.76. The zero-order chi connectivity index (χ0) is 28.5. The van der Waals surface area contributed by atoms with Crippen molar-refractivity contribution in [3.05, 3.63) is 94.5 Å². The van der Waals surface area contributed by atoms with Gasteiger partial charge >= 0.3 is 5.97 Å². The number of nitrogens with zero attached hydrogens (tertiary/aromatic N) is 1. The van der Waals surface area contributed by atoms with E-state index in [2.05, 4.69) is 31.9 Å². The van der Waals surface area contributed by atoms with Crippen LogP contribution in [0, 0.1) is 11.3 Å². The summed E-state index contributed by atoms with van der Waals surface area (Å²) >= 11 is 8.92. The zero-order valence-electron chi connectivity index (χ0n) is 22.2. The molecule has 208 valence electrons. The smallest absolute Gasteiger partial charge is 0.309 e. The van der Waals surface area contributed by atoms with Gasteiger partial charge in [0, 0.05) is 34.5 Å². The second kappa shape index (κ2) is 14.0. The summed E-state index contributed by atoms with van der Waals surface area (Å²) in [6.07, 6.45) is 1.34. The molecule has 1 amide bonds. The third-order valence-electron chi connectivity index (χ3n) is 6.63. The Balaban J connectivity index is 1.38. The third kappa shape index (κ3) is 7.89. The minimum absolute atomic E-state index is 0.106. The Morgan fingerprint density at radius 1 is 0.975 bits per heavy atom. The summed E-state index contributed by atoms with van der Waals surface area (Å²) in [7, 11) is 0. The molecule has 1 aliphatic heterocycles. The number of ether oxygens (including phenoxy) is 1. The van der Waals surface area contributed by atoms with E-state index in [1.165, 1.54) is 0 Å². The number of nitrogens with one attached hydrogen (secondary N) is 4. The van der Waals surface area contributed by atoms with Crippen LogP contribution in [0.5, 0.6) is 0 Å². The lowest BCUT2D eigenvalue weighted by Crippen LogP contribution is -2.40. The first-order valence-electron chi connectivity index (χ1n) is 13.1. The predicted molar refractivity (Wildman–Crippen MR) is 166 cm³/mol. The van der Waals surface area contributed by atoms with Gasteiger partial charge in [0.15, 0.2) is 5.11 Å². The standard InChI is InChI=1S/C30H32BrN5O3S/c1-2-39-29(38)22-16-18-36(19-17-22)27(32)21-8-12-24(13-9-21)33-28(37)26(20-6-4-3-5-7-20)35-30(40)34-25-14-10-23(31)11-15-25/h3-15,22,26,32H,2,16-19H2,1H3,(H,33,37)(H2,34,35,40). The van der Waals surface area contributed by atoms with Crippen LogP contribution < -0.4 is 16.0 Å². The van der Waals surface area contributed by atoms with Gasteiger partial charge in [-0.2, -0.15) is 0 Å². The average Bonchev–Trinajstić information content (AvgIpc) is 2.98. The van der Waals surface area contributed by atoms with Gasteiger partial charge in [-0.1, -0.05) is 46.3 Å². The normalized spacial score (nSPS) is 14.1.